The van der Waals surface area contributed by atoms with Crippen LogP contribution in [0.5, 0.6) is 5.75 Å². The van der Waals surface area contributed by atoms with Crippen molar-refractivity contribution in [3.05, 3.63) is 28.8 Å². The average molecular weight is 261 g/mol. The second-order valence-corrected chi connectivity index (χ2v) is 6.68. The predicted octanol–water partition coefficient (Wildman–Crippen LogP) is 3.77. The van der Waals surface area contributed by atoms with Crippen LogP contribution in [0, 0.1) is 6.92 Å². The third kappa shape index (κ3) is 3.11. The fourth-order valence-electron chi connectivity index (χ4n) is 3.03. The van der Waals surface area contributed by atoms with Crippen LogP contribution >= 0.6 is 0 Å². The van der Waals surface area contributed by atoms with Gasteiger partial charge in [-0.15, -0.1) is 0 Å². The molecule has 0 amide bonds. The number of ether oxygens (including phenoxy) is 1. The van der Waals surface area contributed by atoms with Crippen molar-refractivity contribution >= 4 is 0 Å². The molecule has 0 atom stereocenters. The van der Waals surface area contributed by atoms with Crippen molar-refractivity contribution in [2.45, 2.75) is 51.9 Å². The second kappa shape index (κ2) is 5.54. The molecule has 0 aromatic heterocycles. The van der Waals surface area contributed by atoms with E-state index in [1.165, 1.54) is 29.5 Å². The summed E-state index contributed by atoms with van der Waals surface area (Å²) in [5.74, 6) is 1.73. The topological polar surface area (TPSA) is 21.3 Å². The van der Waals surface area contributed by atoms with Crippen LogP contribution in [-0.4, -0.2) is 20.2 Å². The number of piperidine rings is 1. The monoisotopic (exact) mass is 261 g/mol. The van der Waals surface area contributed by atoms with Crippen molar-refractivity contribution in [3.63, 3.8) is 0 Å². The van der Waals surface area contributed by atoms with E-state index >= 15 is 0 Å². The first kappa shape index (κ1) is 14.4. The van der Waals surface area contributed by atoms with Crippen LogP contribution in [0.2, 0.25) is 0 Å². The quantitative estimate of drug-likeness (QED) is 0.875. The fraction of sp³-hybridized carbons (Fsp3) is 0.647. The molecule has 1 N–H and O–H groups in total. The molecule has 1 fully saturated rings. The van der Waals surface area contributed by atoms with Crippen molar-refractivity contribution in [1.29, 1.82) is 0 Å². The standard InChI is InChI=1S/C17H27NO/c1-12-10-16(19-5)15(17(2,3)4)11-14(12)13-6-8-18-9-7-13/h10-11,13,18H,6-9H2,1-5H3. The van der Waals surface area contributed by atoms with E-state index < -0.39 is 0 Å². The zero-order valence-electron chi connectivity index (χ0n) is 13.0. The van der Waals surface area contributed by atoms with Crippen molar-refractivity contribution < 1.29 is 4.74 Å². The molecule has 0 aliphatic carbocycles. The minimum absolute atomic E-state index is 0.126. The maximum absolute atomic E-state index is 5.58. The van der Waals surface area contributed by atoms with Crippen molar-refractivity contribution in [2.24, 2.45) is 0 Å². The number of methoxy groups -OCH3 is 1. The van der Waals surface area contributed by atoms with Crippen molar-refractivity contribution in [3.8, 4) is 5.75 Å². The number of nitrogens with one attached hydrogen (secondary N) is 1. The highest BCUT2D eigenvalue weighted by atomic mass is 16.5. The summed E-state index contributed by atoms with van der Waals surface area (Å²) in [6.07, 6.45) is 2.49. The van der Waals surface area contributed by atoms with Crippen LogP contribution in [0.4, 0.5) is 0 Å². The molecule has 19 heavy (non-hydrogen) atoms. The minimum Gasteiger partial charge on any atom is -0.496 e. The third-order valence-corrected chi connectivity index (χ3v) is 4.18. The van der Waals surface area contributed by atoms with E-state index in [0.717, 1.165) is 18.8 Å². The van der Waals surface area contributed by atoms with Gasteiger partial charge in [-0.2, -0.15) is 0 Å². The van der Waals surface area contributed by atoms with Gasteiger partial charge < -0.3 is 10.1 Å². The predicted molar refractivity (Wildman–Crippen MR) is 81.3 cm³/mol. The Morgan fingerprint density at radius 2 is 1.79 bits per heavy atom. The maximum Gasteiger partial charge on any atom is 0.122 e. The van der Waals surface area contributed by atoms with Gasteiger partial charge in [-0.25, -0.2) is 0 Å². The van der Waals surface area contributed by atoms with Gasteiger partial charge in [0.15, 0.2) is 0 Å². The third-order valence-electron chi connectivity index (χ3n) is 4.18. The minimum atomic E-state index is 0.126. The van der Waals surface area contributed by atoms with Crippen LogP contribution < -0.4 is 10.1 Å². The molecule has 0 radical (unpaired) electrons. The largest absolute Gasteiger partial charge is 0.496 e. The number of aryl methyl sites for hydroxylation is 1. The van der Waals surface area contributed by atoms with Crippen LogP contribution in [0.3, 0.4) is 0 Å². The Kier molecular flexibility index (Phi) is 4.19. The molecule has 2 rings (SSSR count). The van der Waals surface area contributed by atoms with Crippen LogP contribution in [0.25, 0.3) is 0 Å². The molecule has 1 aliphatic rings. The Hall–Kier alpha value is -1.02. The molecule has 1 saturated heterocycles. The lowest BCUT2D eigenvalue weighted by molar-refractivity contribution is 0.395. The molecule has 0 spiro atoms. The SMILES string of the molecule is COc1cc(C)c(C2CCNCC2)cc1C(C)(C)C. The maximum atomic E-state index is 5.58. The van der Waals surface area contributed by atoms with E-state index in [-0.39, 0.29) is 5.41 Å². The Morgan fingerprint density at radius 1 is 1.16 bits per heavy atom. The summed E-state index contributed by atoms with van der Waals surface area (Å²) in [4.78, 5) is 0. The smallest absolute Gasteiger partial charge is 0.122 e. The number of hydrogen-bond donors (Lipinski definition) is 1. The lowest BCUT2D eigenvalue weighted by Gasteiger charge is -2.28. The lowest BCUT2D eigenvalue weighted by Crippen LogP contribution is -2.27. The normalized spacial score (nSPS) is 17.5. The summed E-state index contributed by atoms with van der Waals surface area (Å²) >= 11 is 0. The van der Waals surface area contributed by atoms with Gasteiger partial charge in [-0.1, -0.05) is 26.8 Å². The molecule has 106 valence electrons. The van der Waals surface area contributed by atoms with Crippen molar-refractivity contribution in [1.82, 2.24) is 5.32 Å². The summed E-state index contributed by atoms with van der Waals surface area (Å²) in [5, 5.41) is 3.45. The molecule has 0 bridgehead atoms. The van der Waals surface area contributed by atoms with Crippen LogP contribution in [-0.2, 0) is 5.41 Å². The summed E-state index contributed by atoms with van der Waals surface area (Å²) in [6, 6.07) is 4.61. The summed E-state index contributed by atoms with van der Waals surface area (Å²) in [6.45, 7) is 11.3. The lowest BCUT2D eigenvalue weighted by atomic mass is 9.80. The molecule has 1 heterocycles. The van der Waals surface area contributed by atoms with Crippen LogP contribution in [0.15, 0.2) is 12.1 Å². The molecular weight excluding hydrogens is 234 g/mol. The van der Waals surface area contributed by atoms with Gasteiger partial charge in [0.1, 0.15) is 5.75 Å². The Labute approximate surface area is 117 Å². The highest BCUT2D eigenvalue weighted by molar-refractivity contribution is 5.47. The molecule has 1 aliphatic heterocycles. The zero-order valence-corrected chi connectivity index (χ0v) is 13.0. The molecule has 1 aromatic rings. The summed E-state index contributed by atoms with van der Waals surface area (Å²) < 4.78 is 5.58. The number of benzene rings is 1. The van der Waals surface area contributed by atoms with E-state index in [1.807, 2.05) is 0 Å². The van der Waals surface area contributed by atoms with E-state index in [1.54, 1.807) is 7.11 Å². The van der Waals surface area contributed by atoms with Gasteiger partial charge in [0, 0.05) is 0 Å². The zero-order chi connectivity index (χ0) is 14.0. The molecular formula is C17H27NO. The van der Waals surface area contributed by atoms with Crippen molar-refractivity contribution in [2.75, 3.05) is 20.2 Å². The number of hydrogen-bond acceptors (Lipinski definition) is 2. The summed E-state index contributed by atoms with van der Waals surface area (Å²) in [5.41, 5.74) is 4.35. The molecule has 1 aromatic carbocycles. The van der Waals surface area contributed by atoms with E-state index in [2.05, 4.69) is 45.1 Å². The Morgan fingerprint density at radius 3 is 2.32 bits per heavy atom. The number of rotatable bonds is 2. The highest BCUT2D eigenvalue weighted by Gasteiger charge is 2.24. The van der Waals surface area contributed by atoms with Gasteiger partial charge in [0.05, 0.1) is 7.11 Å². The van der Waals surface area contributed by atoms with Gasteiger partial charge in [-0.3, -0.25) is 0 Å². The first-order valence-corrected chi connectivity index (χ1v) is 7.33. The van der Waals surface area contributed by atoms with E-state index in [0.29, 0.717) is 5.92 Å². The van der Waals surface area contributed by atoms with E-state index in [9.17, 15) is 0 Å². The summed E-state index contributed by atoms with van der Waals surface area (Å²) in [7, 11) is 1.77. The fourth-order valence-corrected chi connectivity index (χ4v) is 3.03. The average Bonchev–Trinajstić information content (AvgIpc) is 2.38. The molecule has 2 nitrogen and oxygen atoms in total. The van der Waals surface area contributed by atoms with Crippen LogP contribution in [0.1, 0.15) is 56.2 Å². The molecule has 0 unspecified atom stereocenters. The van der Waals surface area contributed by atoms with Gasteiger partial charge >= 0.3 is 0 Å². The van der Waals surface area contributed by atoms with Gasteiger partial charge in [0.25, 0.3) is 0 Å². The van der Waals surface area contributed by atoms with Gasteiger partial charge in [-0.05, 0) is 66.9 Å². The first-order valence-electron chi connectivity index (χ1n) is 7.33. The Bertz CT molecular complexity index is 439. The van der Waals surface area contributed by atoms with Gasteiger partial charge in [0.2, 0.25) is 0 Å². The second-order valence-electron chi connectivity index (χ2n) is 6.68. The Balaban J connectivity index is 2.44. The molecule has 0 saturated carbocycles. The highest BCUT2D eigenvalue weighted by Crippen LogP contribution is 2.37. The molecule has 2 heteroatoms. The van der Waals surface area contributed by atoms with E-state index in [4.69, 9.17) is 4.74 Å². The first-order chi connectivity index (χ1) is 8.93.